The second-order valence-electron chi connectivity index (χ2n) is 24.5. The maximum atomic E-state index is 10.1. The van der Waals surface area contributed by atoms with E-state index >= 15 is 0 Å². The maximum absolute atomic E-state index is 10.1. The summed E-state index contributed by atoms with van der Waals surface area (Å²) in [6.45, 7) is 0. The van der Waals surface area contributed by atoms with Gasteiger partial charge in [0.05, 0.1) is 30.5 Å². The Kier molecular flexibility index (Phi) is 30.0. The maximum Gasteiger partial charge on any atom is 0.0844 e. The molecule has 4 aliphatic carbocycles. The van der Waals surface area contributed by atoms with Crippen LogP contribution in [0.2, 0.25) is 0 Å². The van der Waals surface area contributed by atoms with Gasteiger partial charge < -0.3 is 20.1 Å². The molecule has 5 rings (SSSR count). The van der Waals surface area contributed by atoms with Gasteiger partial charge in [-0.25, -0.2) is 0 Å². The van der Waals surface area contributed by atoms with E-state index in [2.05, 4.69) is 0 Å². The standard InChI is InChI=1S/C61H114O4/c62-56-41-36-52(37-42-56)30-21-13-5-1-9-17-25-46-61(47-26-18-10-2-6-14-22-31-53-38-43-57(63)44-39-53,48-27-19-11-3-7-15-23-32-54-34-29-35-58(64)50-54)49-28-20-12-4-8-16-24-33-55-40-45-59-60(51-55)65-59/h52-60,62-64H,1-51H2. The largest absolute Gasteiger partial charge is 0.393 e. The van der Waals surface area contributed by atoms with E-state index in [0.717, 1.165) is 62.2 Å². The second kappa shape index (κ2) is 35.0. The zero-order chi connectivity index (χ0) is 45.5. The van der Waals surface area contributed by atoms with E-state index in [0.29, 0.717) is 17.6 Å². The molecule has 5 unspecified atom stereocenters. The zero-order valence-corrected chi connectivity index (χ0v) is 43.5. The molecule has 4 nitrogen and oxygen atoms in total. The van der Waals surface area contributed by atoms with Crippen molar-refractivity contribution < 1.29 is 20.1 Å². The Hall–Kier alpha value is -0.160. The summed E-state index contributed by atoms with van der Waals surface area (Å²) in [4.78, 5) is 0. The van der Waals surface area contributed by atoms with Gasteiger partial charge in [0.15, 0.2) is 0 Å². The van der Waals surface area contributed by atoms with Crippen molar-refractivity contribution in [1.29, 1.82) is 0 Å². The lowest BCUT2D eigenvalue weighted by Crippen LogP contribution is -2.21. The molecule has 0 radical (unpaired) electrons. The number of hydrogen-bond donors (Lipinski definition) is 3. The Bertz CT molecular complexity index is 1030. The van der Waals surface area contributed by atoms with Gasteiger partial charge in [-0.1, -0.05) is 218 Å². The number of fused-ring (bicyclic) bond motifs is 1. The molecule has 65 heavy (non-hydrogen) atoms. The molecule has 0 aromatic heterocycles. The lowest BCUT2D eigenvalue weighted by Gasteiger charge is -2.35. The van der Waals surface area contributed by atoms with Gasteiger partial charge in [-0.15, -0.1) is 0 Å². The summed E-state index contributed by atoms with van der Waals surface area (Å²) in [6, 6.07) is 0. The van der Waals surface area contributed by atoms with Gasteiger partial charge in [-0.3, -0.25) is 0 Å². The highest BCUT2D eigenvalue weighted by Crippen LogP contribution is 2.43. The van der Waals surface area contributed by atoms with Crippen molar-refractivity contribution in [3.05, 3.63) is 0 Å². The highest BCUT2D eigenvalue weighted by atomic mass is 16.6. The molecular weight excluding hydrogens is 797 g/mol. The molecular formula is C61H114O4. The van der Waals surface area contributed by atoms with Crippen LogP contribution in [0.1, 0.15) is 327 Å². The smallest absolute Gasteiger partial charge is 0.0844 e. The summed E-state index contributed by atoms with van der Waals surface area (Å²) in [5.74, 6) is 3.54. The molecule has 4 saturated carbocycles. The Labute approximate surface area is 405 Å². The normalized spacial score (nSPS) is 29.1. The quantitative estimate of drug-likeness (QED) is 0.0423. The van der Waals surface area contributed by atoms with Crippen molar-refractivity contribution in [2.75, 3.05) is 0 Å². The fourth-order valence-corrected chi connectivity index (χ4v) is 14.2. The Morgan fingerprint density at radius 3 is 0.969 bits per heavy atom. The number of aliphatic hydroxyl groups is 3. The minimum Gasteiger partial charge on any atom is -0.393 e. The number of ether oxygens (including phenoxy) is 1. The number of unbranched alkanes of at least 4 members (excludes halogenated alkanes) is 24. The fourth-order valence-electron chi connectivity index (χ4n) is 14.2. The van der Waals surface area contributed by atoms with Crippen LogP contribution in [0.15, 0.2) is 0 Å². The molecule has 5 atom stereocenters. The average molecular weight is 912 g/mol. The van der Waals surface area contributed by atoms with E-state index in [-0.39, 0.29) is 18.3 Å². The average Bonchev–Trinajstić information content (AvgIpc) is 4.10. The van der Waals surface area contributed by atoms with Crippen LogP contribution in [0.25, 0.3) is 0 Å². The topological polar surface area (TPSA) is 73.2 Å². The third kappa shape index (κ3) is 26.0. The third-order valence-corrected chi connectivity index (χ3v) is 18.8. The number of hydrogen-bond acceptors (Lipinski definition) is 4. The van der Waals surface area contributed by atoms with Gasteiger partial charge in [0.2, 0.25) is 0 Å². The SMILES string of the molecule is OC1CCC(CCCCCCCCCC(CCCCCCCCCC2CCC(O)CC2)(CCCCCCCCCC2CCCC(O)C2)CCCCCCCCCC2CCC3OC3C2)CC1. The molecule has 1 heterocycles. The monoisotopic (exact) mass is 911 g/mol. The predicted octanol–water partition coefficient (Wildman–Crippen LogP) is 18.2. The van der Waals surface area contributed by atoms with Crippen LogP contribution in [-0.2, 0) is 4.74 Å². The Balaban J connectivity index is 0.998. The Morgan fingerprint density at radius 2 is 0.600 bits per heavy atom. The van der Waals surface area contributed by atoms with Crippen LogP contribution in [-0.4, -0.2) is 45.8 Å². The summed E-state index contributed by atoms with van der Waals surface area (Å²) in [5.41, 5.74) is 0.593. The van der Waals surface area contributed by atoms with E-state index in [1.54, 1.807) is 0 Å². The van der Waals surface area contributed by atoms with Crippen molar-refractivity contribution in [1.82, 2.24) is 0 Å². The van der Waals surface area contributed by atoms with Crippen molar-refractivity contribution in [3.8, 4) is 0 Å². The molecule has 0 aromatic rings. The van der Waals surface area contributed by atoms with Gasteiger partial charge >= 0.3 is 0 Å². The van der Waals surface area contributed by atoms with Crippen LogP contribution in [0.5, 0.6) is 0 Å². The molecule has 0 aromatic carbocycles. The Morgan fingerprint density at radius 1 is 0.277 bits per heavy atom. The van der Waals surface area contributed by atoms with Crippen molar-refractivity contribution in [3.63, 3.8) is 0 Å². The molecule has 5 aliphatic rings. The van der Waals surface area contributed by atoms with Crippen molar-refractivity contribution in [2.45, 2.75) is 358 Å². The molecule has 0 bridgehead atoms. The van der Waals surface area contributed by atoms with E-state index in [1.165, 1.54) is 289 Å². The minimum atomic E-state index is -0.0130. The molecule has 1 saturated heterocycles. The number of epoxide rings is 1. The van der Waals surface area contributed by atoms with E-state index in [1.807, 2.05) is 0 Å². The van der Waals surface area contributed by atoms with Crippen LogP contribution in [0.4, 0.5) is 0 Å². The molecule has 0 amide bonds. The molecule has 1 aliphatic heterocycles. The van der Waals surface area contributed by atoms with Crippen LogP contribution in [0.3, 0.4) is 0 Å². The second-order valence-corrected chi connectivity index (χ2v) is 24.5. The van der Waals surface area contributed by atoms with Crippen LogP contribution >= 0.6 is 0 Å². The number of aliphatic hydroxyl groups excluding tert-OH is 3. The lowest BCUT2D eigenvalue weighted by atomic mass is 9.70. The predicted molar refractivity (Wildman–Crippen MR) is 279 cm³/mol. The molecule has 4 heteroatoms. The zero-order valence-electron chi connectivity index (χ0n) is 43.5. The first-order valence-electron chi connectivity index (χ1n) is 30.7. The van der Waals surface area contributed by atoms with Gasteiger partial charge in [0, 0.05) is 0 Å². The fraction of sp³-hybridized carbons (Fsp3) is 1.00. The highest BCUT2D eigenvalue weighted by molar-refractivity contribution is 4.91. The van der Waals surface area contributed by atoms with E-state index in [9.17, 15) is 15.3 Å². The third-order valence-electron chi connectivity index (χ3n) is 18.8. The minimum absolute atomic E-state index is 0.00916. The summed E-state index contributed by atoms with van der Waals surface area (Å²) in [6.07, 6.45) is 71.5. The summed E-state index contributed by atoms with van der Waals surface area (Å²) in [5, 5.41) is 29.9. The number of rotatable bonds is 40. The van der Waals surface area contributed by atoms with Crippen LogP contribution in [0, 0.1) is 29.1 Å². The summed E-state index contributed by atoms with van der Waals surface area (Å²) in [7, 11) is 0. The van der Waals surface area contributed by atoms with Crippen LogP contribution < -0.4 is 0 Å². The summed E-state index contributed by atoms with van der Waals surface area (Å²) < 4.78 is 5.80. The first-order valence-corrected chi connectivity index (χ1v) is 30.7. The first kappa shape index (κ1) is 55.8. The van der Waals surface area contributed by atoms with Crippen molar-refractivity contribution >= 4 is 0 Å². The molecule has 0 spiro atoms. The van der Waals surface area contributed by atoms with Crippen molar-refractivity contribution in [2.24, 2.45) is 29.1 Å². The summed E-state index contributed by atoms with van der Waals surface area (Å²) >= 11 is 0. The van der Waals surface area contributed by atoms with Gasteiger partial charge in [0.1, 0.15) is 0 Å². The molecule has 5 fully saturated rings. The highest BCUT2D eigenvalue weighted by Gasteiger charge is 2.43. The van der Waals surface area contributed by atoms with Gasteiger partial charge in [-0.05, 0) is 138 Å². The molecule has 3 N–H and O–H groups in total. The van der Waals surface area contributed by atoms with E-state index < -0.39 is 0 Å². The molecule has 382 valence electrons. The first-order chi connectivity index (χ1) is 32.0. The van der Waals surface area contributed by atoms with E-state index in [4.69, 9.17) is 4.74 Å². The lowest BCUT2D eigenvalue weighted by molar-refractivity contribution is 0.0973. The van der Waals surface area contributed by atoms with Gasteiger partial charge in [-0.2, -0.15) is 0 Å². The van der Waals surface area contributed by atoms with Gasteiger partial charge in [0.25, 0.3) is 0 Å².